The van der Waals surface area contributed by atoms with Gasteiger partial charge in [-0.25, -0.2) is 4.79 Å². The molecule has 192 valence electrons. The van der Waals surface area contributed by atoms with E-state index in [0.717, 1.165) is 47.1 Å². The summed E-state index contributed by atoms with van der Waals surface area (Å²) < 4.78 is 7.95. The van der Waals surface area contributed by atoms with Crippen LogP contribution in [0.15, 0.2) is 78.0 Å². The van der Waals surface area contributed by atoms with E-state index in [9.17, 15) is 9.90 Å². The van der Waals surface area contributed by atoms with Crippen molar-refractivity contribution in [3.8, 4) is 5.75 Å². The molecule has 4 aromatic rings. The molecule has 1 atom stereocenters. The third kappa shape index (κ3) is 7.28. The van der Waals surface area contributed by atoms with Crippen LogP contribution in [0.2, 0.25) is 10.0 Å². The van der Waals surface area contributed by atoms with E-state index in [2.05, 4.69) is 21.7 Å². The van der Waals surface area contributed by atoms with Crippen LogP contribution in [-0.2, 0) is 23.5 Å². The van der Waals surface area contributed by atoms with Gasteiger partial charge in [0.15, 0.2) is 5.16 Å². The van der Waals surface area contributed by atoms with Crippen LogP contribution in [0.5, 0.6) is 5.75 Å². The van der Waals surface area contributed by atoms with Crippen molar-refractivity contribution in [1.82, 2.24) is 14.8 Å². The van der Waals surface area contributed by atoms with Crippen LogP contribution in [0.4, 0.5) is 0 Å². The minimum atomic E-state index is -1.20. The summed E-state index contributed by atoms with van der Waals surface area (Å²) in [4.78, 5) is 11.9. The van der Waals surface area contributed by atoms with E-state index in [1.54, 1.807) is 48.2 Å². The summed E-state index contributed by atoms with van der Waals surface area (Å²) in [7, 11) is 0. The lowest BCUT2D eigenvalue weighted by Crippen LogP contribution is -2.18. The number of nitrogens with zero attached hydrogens (tertiary/aromatic N) is 3. The lowest BCUT2D eigenvalue weighted by Gasteiger charge is -2.17. The monoisotopic (exact) mass is 555 g/mol. The minimum Gasteiger partial charge on any atom is -0.478 e. The molecule has 0 amide bonds. The van der Waals surface area contributed by atoms with Crippen LogP contribution in [0.25, 0.3) is 0 Å². The van der Waals surface area contributed by atoms with Gasteiger partial charge in [-0.15, -0.1) is 10.2 Å². The summed E-state index contributed by atoms with van der Waals surface area (Å²) in [5, 5.41) is 20.6. The number of ether oxygens (including phenoxy) is 1. The second kappa shape index (κ2) is 13.0. The number of carboxylic acid groups (broad SMARTS) is 1. The highest BCUT2D eigenvalue weighted by Gasteiger charge is 2.24. The third-order valence-electron chi connectivity index (χ3n) is 5.76. The lowest BCUT2D eigenvalue weighted by atomic mass is 10.1. The summed E-state index contributed by atoms with van der Waals surface area (Å²) in [5.41, 5.74) is 2.60. The maximum absolute atomic E-state index is 11.9. The molecule has 1 N–H and O–H groups in total. The molecule has 0 radical (unpaired) electrons. The van der Waals surface area contributed by atoms with Crippen LogP contribution in [0.1, 0.15) is 48.4 Å². The van der Waals surface area contributed by atoms with Gasteiger partial charge in [0.1, 0.15) is 11.6 Å². The molecule has 3 aromatic carbocycles. The number of carboxylic acids is 1. The van der Waals surface area contributed by atoms with Gasteiger partial charge in [-0.05, 0) is 47.9 Å². The molecule has 1 aromatic heterocycles. The summed E-state index contributed by atoms with van der Waals surface area (Å²) in [6, 6.07) is 22.0. The fourth-order valence-corrected chi connectivity index (χ4v) is 5.03. The lowest BCUT2D eigenvalue weighted by molar-refractivity contribution is -0.145. The zero-order chi connectivity index (χ0) is 26.2. The zero-order valence-corrected chi connectivity index (χ0v) is 22.6. The van der Waals surface area contributed by atoms with Gasteiger partial charge >= 0.3 is 5.97 Å². The number of halogens is 2. The number of unbranched alkanes of at least 4 members (excludes halogenated alkanes) is 1. The highest BCUT2D eigenvalue weighted by Crippen LogP contribution is 2.29. The Balaban J connectivity index is 1.49. The van der Waals surface area contributed by atoms with E-state index in [-0.39, 0.29) is 0 Å². The molecule has 1 heterocycles. The first kappa shape index (κ1) is 27.0. The molecule has 6 nitrogen and oxygen atoms in total. The number of aryl methyl sites for hydroxylation is 1. The van der Waals surface area contributed by atoms with E-state index in [4.69, 9.17) is 27.9 Å². The number of rotatable bonds is 12. The van der Waals surface area contributed by atoms with E-state index in [0.29, 0.717) is 27.9 Å². The van der Waals surface area contributed by atoms with Crippen LogP contribution in [-0.4, -0.2) is 25.8 Å². The molecular weight excluding hydrogens is 529 g/mol. The summed E-state index contributed by atoms with van der Waals surface area (Å²) in [5.74, 6) is 1.05. The predicted octanol–water partition coefficient (Wildman–Crippen LogP) is 7.47. The van der Waals surface area contributed by atoms with Crippen molar-refractivity contribution in [3.63, 3.8) is 0 Å². The zero-order valence-electron chi connectivity index (χ0n) is 20.3. The van der Waals surface area contributed by atoms with Gasteiger partial charge in [0, 0.05) is 27.8 Å². The van der Waals surface area contributed by atoms with E-state index < -0.39 is 12.1 Å². The highest BCUT2D eigenvalue weighted by atomic mass is 35.5. The molecule has 0 aliphatic carbocycles. The number of carbonyl (C=O) groups is 1. The Labute approximate surface area is 230 Å². The summed E-state index contributed by atoms with van der Waals surface area (Å²) in [6.07, 6.45) is 1.76. The Hall–Kier alpha value is -3.00. The molecule has 37 heavy (non-hydrogen) atoms. The quantitative estimate of drug-likeness (QED) is 0.182. The largest absolute Gasteiger partial charge is 0.478 e. The Kier molecular flexibility index (Phi) is 9.50. The smallest absolute Gasteiger partial charge is 0.349 e. The van der Waals surface area contributed by atoms with Crippen molar-refractivity contribution in [1.29, 1.82) is 0 Å². The van der Waals surface area contributed by atoms with E-state index >= 15 is 0 Å². The molecule has 0 bridgehead atoms. The number of thioether (sulfide) groups is 1. The van der Waals surface area contributed by atoms with Crippen molar-refractivity contribution in [2.45, 2.75) is 49.7 Å². The molecule has 0 aliphatic heterocycles. The normalized spacial score (nSPS) is 11.9. The molecule has 0 spiro atoms. The number of aromatic nitrogens is 3. The maximum Gasteiger partial charge on any atom is 0.349 e. The van der Waals surface area contributed by atoms with Gasteiger partial charge in [0.2, 0.25) is 6.10 Å². The van der Waals surface area contributed by atoms with Gasteiger partial charge in [0.05, 0.1) is 6.54 Å². The van der Waals surface area contributed by atoms with Crippen LogP contribution < -0.4 is 4.74 Å². The number of hydrogen-bond donors (Lipinski definition) is 1. The van der Waals surface area contributed by atoms with Crippen molar-refractivity contribution >= 4 is 40.9 Å². The number of hydrogen-bond acceptors (Lipinski definition) is 5. The SMILES string of the molecule is CCCCc1nnc(SCc2ccc(Cl)cc2)n1Cc1ccc(OC(C(=O)O)c2ccccc2Cl)cc1. The molecule has 0 fully saturated rings. The summed E-state index contributed by atoms with van der Waals surface area (Å²) >= 11 is 13.9. The molecular formula is C28H27Cl2N3O3S. The van der Waals surface area contributed by atoms with E-state index in [1.165, 1.54) is 0 Å². The first-order chi connectivity index (χ1) is 17.9. The average Bonchev–Trinajstić information content (AvgIpc) is 3.28. The summed E-state index contributed by atoms with van der Waals surface area (Å²) in [6.45, 7) is 2.75. The Morgan fingerprint density at radius 2 is 1.70 bits per heavy atom. The van der Waals surface area contributed by atoms with Crippen molar-refractivity contribution in [3.05, 3.63) is 105 Å². The average molecular weight is 557 g/mol. The van der Waals surface area contributed by atoms with Gasteiger partial charge < -0.3 is 14.4 Å². The fourth-order valence-electron chi connectivity index (χ4n) is 3.76. The number of aliphatic carboxylic acids is 1. The van der Waals surface area contributed by atoms with Crippen LogP contribution in [0.3, 0.4) is 0 Å². The Morgan fingerprint density at radius 3 is 2.38 bits per heavy atom. The standard InChI is InChI=1S/C28H27Cl2N3O3S/c1-2-3-8-25-31-32-28(37-18-20-9-13-21(29)14-10-20)33(25)17-19-11-15-22(16-12-19)36-26(27(34)35)23-6-4-5-7-24(23)30/h4-7,9-16,26H,2-3,8,17-18H2,1H3,(H,34,35). The molecule has 9 heteroatoms. The number of benzene rings is 3. The molecule has 4 rings (SSSR count). The van der Waals surface area contributed by atoms with Crippen molar-refractivity contribution < 1.29 is 14.6 Å². The Bertz CT molecular complexity index is 1330. The predicted molar refractivity (Wildman–Crippen MR) is 148 cm³/mol. The third-order valence-corrected chi connectivity index (χ3v) is 7.39. The van der Waals surface area contributed by atoms with Gasteiger partial charge in [-0.3, -0.25) is 0 Å². The van der Waals surface area contributed by atoms with E-state index in [1.807, 2.05) is 36.4 Å². The van der Waals surface area contributed by atoms with Crippen LogP contribution in [0, 0.1) is 0 Å². The topological polar surface area (TPSA) is 77.2 Å². The second-order valence-corrected chi connectivity index (χ2v) is 10.3. The van der Waals surface area contributed by atoms with Gasteiger partial charge in [-0.2, -0.15) is 0 Å². The highest BCUT2D eigenvalue weighted by molar-refractivity contribution is 7.98. The van der Waals surface area contributed by atoms with Crippen molar-refractivity contribution in [2.75, 3.05) is 0 Å². The maximum atomic E-state index is 11.9. The second-order valence-electron chi connectivity index (χ2n) is 8.51. The molecule has 0 saturated carbocycles. The Morgan fingerprint density at radius 1 is 1.00 bits per heavy atom. The van der Waals surface area contributed by atoms with Crippen molar-refractivity contribution in [2.24, 2.45) is 0 Å². The first-order valence-electron chi connectivity index (χ1n) is 12.0. The first-order valence-corrected chi connectivity index (χ1v) is 13.7. The van der Waals surface area contributed by atoms with Gasteiger partial charge in [-0.1, -0.05) is 90.8 Å². The van der Waals surface area contributed by atoms with Gasteiger partial charge in [0.25, 0.3) is 0 Å². The van der Waals surface area contributed by atoms with Crippen LogP contribution >= 0.6 is 35.0 Å². The molecule has 0 saturated heterocycles. The fraction of sp³-hybridized carbons (Fsp3) is 0.250. The molecule has 1 unspecified atom stereocenters. The molecule has 0 aliphatic rings. The minimum absolute atomic E-state index is 0.349.